The number of rotatable bonds is 15. The van der Waals surface area contributed by atoms with Crippen molar-refractivity contribution in [3.8, 4) is 0 Å². The summed E-state index contributed by atoms with van der Waals surface area (Å²) in [6.07, 6.45) is 8.37. The molecule has 2 saturated heterocycles. The predicted octanol–water partition coefficient (Wildman–Crippen LogP) is 7.51. The van der Waals surface area contributed by atoms with Gasteiger partial charge in [0.2, 0.25) is 0 Å². The zero-order valence-corrected chi connectivity index (χ0v) is 29.0. The van der Waals surface area contributed by atoms with E-state index in [-0.39, 0.29) is 18.3 Å². The van der Waals surface area contributed by atoms with Gasteiger partial charge in [-0.3, -0.25) is 4.90 Å². The summed E-state index contributed by atoms with van der Waals surface area (Å²) in [5, 5.41) is 3.02. The molecule has 1 amide bonds. The fraction of sp³-hybridized carbons (Fsp3) is 0.487. The molecule has 0 spiro atoms. The summed E-state index contributed by atoms with van der Waals surface area (Å²) >= 11 is 0. The Balaban J connectivity index is 1.23. The molecule has 2 aromatic carbocycles. The van der Waals surface area contributed by atoms with E-state index in [0.717, 1.165) is 50.0 Å². The first-order valence-corrected chi connectivity index (χ1v) is 17.0. The lowest BCUT2D eigenvalue weighted by molar-refractivity contribution is -0.0505. The molecular weight excluding hydrogens is 608 g/mol. The molecule has 0 aliphatic carbocycles. The number of hydrogen-bond acceptors (Lipinski definition) is 8. The molecule has 1 atom stereocenters. The molecule has 0 saturated carbocycles. The second kappa shape index (κ2) is 18.6. The van der Waals surface area contributed by atoms with Crippen molar-refractivity contribution < 1.29 is 33.3 Å². The van der Waals surface area contributed by atoms with Gasteiger partial charge in [0.25, 0.3) is 0 Å². The van der Waals surface area contributed by atoms with Crippen molar-refractivity contribution in [1.82, 2.24) is 10.2 Å². The van der Waals surface area contributed by atoms with E-state index in [2.05, 4.69) is 16.8 Å². The number of hydrogen-bond donors (Lipinski definition) is 1. The molecule has 4 rings (SSSR count). The number of esters is 1. The molecule has 2 aliphatic heterocycles. The SMILES string of the molecule is C=CC=C(C=C(C)C(NC(=O)OC(C)(C)C)c1ccccc1)OCC1CCN(Cc2ccc(C(=O)OCCCC3OCCO3)cc2)CC1. The van der Waals surface area contributed by atoms with E-state index < -0.39 is 11.7 Å². The van der Waals surface area contributed by atoms with E-state index in [0.29, 0.717) is 50.1 Å². The number of carbonyl (C=O) groups excluding carboxylic acids is 2. The highest BCUT2D eigenvalue weighted by Crippen LogP contribution is 2.25. The van der Waals surface area contributed by atoms with E-state index in [1.807, 2.05) is 94.4 Å². The minimum Gasteiger partial charge on any atom is -0.493 e. The lowest BCUT2D eigenvalue weighted by atomic mass is 9.97. The highest BCUT2D eigenvalue weighted by atomic mass is 16.7. The standard InChI is InChI=1S/C39H52N2O7/c1-6-11-34(26-29(2)36(32-12-8-7-9-13-32)40-38(43)48-39(3,4)5)47-28-31-19-21-41(22-20-31)27-30-15-17-33(18-16-30)37(42)46-23-10-14-35-44-24-25-45-35/h6-9,11-13,15-18,26,31,35-36H,1,10,14,19-25,27-28H2,2-5H3,(H,40,43). The smallest absolute Gasteiger partial charge is 0.408 e. The largest absolute Gasteiger partial charge is 0.493 e. The van der Waals surface area contributed by atoms with E-state index in [9.17, 15) is 9.59 Å². The Morgan fingerprint density at radius 3 is 2.35 bits per heavy atom. The van der Waals surface area contributed by atoms with Gasteiger partial charge in [-0.1, -0.05) is 55.1 Å². The molecule has 48 heavy (non-hydrogen) atoms. The van der Waals surface area contributed by atoms with Crippen LogP contribution < -0.4 is 5.32 Å². The van der Waals surface area contributed by atoms with Crippen LogP contribution in [0.1, 0.15) is 80.9 Å². The number of piperidine rings is 1. The topological polar surface area (TPSA) is 95.6 Å². The van der Waals surface area contributed by atoms with Crippen LogP contribution in [0.3, 0.4) is 0 Å². The molecule has 0 aromatic heterocycles. The minimum absolute atomic E-state index is 0.173. The number of nitrogens with one attached hydrogen (secondary N) is 1. The minimum atomic E-state index is -0.600. The van der Waals surface area contributed by atoms with Crippen molar-refractivity contribution >= 4 is 12.1 Å². The van der Waals surface area contributed by atoms with Crippen molar-refractivity contribution in [3.63, 3.8) is 0 Å². The molecule has 1 N–H and O–H groups in total. The normalized spacial score (nSPS) is 17.5. The van der Waals surface area contributed by atoms with Crippen LogP contribution in [-0.2, 0) is 30.2 Å². The maximum atomic E-state index is 12.7. The Hall–Kier alpha value is -3.92. The van der Waals surface area contributed by atoms with E-state index in [1.54, 1.807) is 6.08 Å². The summed E-state index contributed by atoms with van der Waals surface area (Å²) in [7, 11) is 0. The van der Waals surface area contributed by atoms with Crippen molar-refractivity contribution in [3.05, 3.63) is 107 Å². The van der Waals surface area contributed by atoms with Crippen LogP contribution in [0.4, 0.5) is 4.79 Å². The summed E-state index contributed by atoms with van der Waals surface area (Å²) < 4.78 is 28.1. The summed E-state index contributed by atoms with van der Waals surface area (Å²) in [5.74, 6) is 0.824. The van der Waals surface area contributed by atoms with Crippen LogP contribution in [0.15, 0.2) is 90.7 Å². The molecule has 2 fully saturated rings. The molecule has 2 aromatic rings. The van der Waals surface area contributed by atoms with Gasteiger partial charge in [-0.05, 0) is 107 Å². The predicted molar refractivity (Wildman–Crippen MR) is 186 cm³/mol. The third-order valence-electron chi connectivity index (χ3n) is 8.20. The van der Waals surface area contributed by atoms with Crippen LogP contribution in [0, 0.1) is 5.92 Å². The third kappa shape index (κ3) is 12.6. The van der Waals surface area contributed by atoms with E-state index in [1.165, 1.54) is 5.56 Å². The maximum absolute atomic E-state index is 12.7. The number of allylic oxidation sites excluding steroid dienone is 3. The van der Waals surface area contributed by atoms with Gasteiger partial charge < -0.3 is 29.0 Å². The molecule has 1 unspecified atom stereocenters. The first-order valence-electron chi connectivity index (χ1n) is 17.0. The van der Waals surface area contributed by atoms with Gasteiger partial charge in [-0.15, -0.1) is 0 Å². The van der Waals surface area contributed by atoms with Crippen LogP contribution in [0.25, 0.3) is 0 Å². The van der Waals surface area contributed by atoms with Gasteiger partial charge in [0.15, 0.2) is 6.29 Å². The molecular formula is C39H52N2O7. The number of ether oxygens (including phenoxy) is 5. The summed E-state index contributed by atoms with van der Waals surface area (Å²) in [4.78, 5) is 27.6. The molecule has 0 bridgehead atoms. The van der Waals surface area contributed by atoms with Crippen molar-refractivity contribution in [2.24, 2.45) is 5.92 Å². The molecule has 2 aliphatic rings. The van der Waals surface area contributed by atoms with Crippen LogP contribution in [0.5, 0.6) is 0 Å². The summed E-state index contributed by atoms with van der Waals surface area (Å²) in [6.45, 7) is 16.4. The summed E-state index contributed by atoms with van der Waals surface area (Å²) in [5.41, 5.74) is 3.00. The molecule has 9 nitrogen and oxygen atoms in total. The second-order valence-corrected chi connectivity index (χ2v) is 13.4. The van der Waals surface area contributed by atoms with Gasteiger partial charge in [-0.25, -0.2) is 9.59 Å². The maximum Gasteiger partial charge on any atom is 0.408 e. The average molecular weight is 661 g/mol. The van der Waals surface area contributed by atoms with Gasteiger partial charge in [0.1, 0.15) is 11.4 Å². The van der Waals surface area contributed by atoms with E-state index in [4.69, 9.17) is 23.7 Å². The molecule has 9 heteroatoms. The lowest BCUT2D eigenvalue weighted by Gasteiger charge is -2.32. The number of alkyl carbamates (subject to hydrolysis) is 1. The third-order valence-corrected chi connectivity index (χ3v) is 8.20. The molecule has 2 heterocycles. The Kier molecular flexibility index (Phi) is 14.3. The quantitative estimate of drug-likeness (QED) is 0.0908. The van der Waals surface area contributed by atoms with Gasteiger partial charge >= 0.3 is 12.1 Å². The zero-order valence-electron chi connectivity index (χ0n) is 29.0. The summed E-state index contributed by atoms with van der Waals surface area (Å²) in [6, 6.07) is 17.2. The Morgan fingerprint density at radius 2 is 1.71 bits per heavy atom. The monoisotopic (exact) mass is 660 g/mol. The van der Waals surface area contributed by atoms with Crippen molar-refractivity contribution in [2.75, 3.05) is 39.5 Å². The van der Waals surface area contributed by atoms with Crippen LogP contribution in [0.2, 0.25) is 0 Å². The number of benzene rings is 2. The van der Waals surface area contributed by atoms with E-state index >= 15 is 0 Å². The van der Waals surface area contributed by atoms with Crippen molar-refractivity contribution in [1.29, 1.82) is 0 Å². The number of amides is 1. The first kappa shape index (κ1) is 36.9. The van der Waals surface area contributed by atoms with Gasteiger partial charge in [-0.2, -0.15) is 0 Å². The Bertz CT molecular complexity index is 1370. The fourth-order valence-corrected chi connectivity index (χ4v) is 5.69. The fourth-order valence-electron chi connectivity index (χ4n) is 5.69. The number of likely N-dealkylation sites (tertiary alicyclic amines) is 1. The van der Waals surface area contributed by atoms with Crippen LogP contribution >= 0.6 is 0 Å². The van der Waals surface area contributed by atoms with Gasteiger partial charge in [0.05, 0.1) is 38.0 Å². The second-order valence-electron chi connectivity index (χ2n) is 13.4. The lowest BCUT2D eigenvalue weighted by Crippen LogP contribution is -2.35. The first-order chi connectivity index (χ1) is 23.1. The number of carbonyl (C=O) groups is 2. The molecule has 260 valence electrons. The van der Waals surface area contributed by atoms with Crippen molar-refractivity contribution in [2.45, 2.75) is 77.9 Å². The average Bonchev–Trinajstić information content (AvgIpc) is 3.59. The Labute approximate surface area is 285 Å². The van der Waals surface area contributed by atoms with Gasteiger partial charge in [0, 0.05) is 13.0 Å². The Morgan fingerprint density at radius 1 is 1.02 bits per heavy atom. The highest BCUT2D eigenvalue weighted by Gasteiger charge is 2.23. The molecule has 0 radical (unpaired) electrons. The zero-order chi connectivity index (χ0) is 34.4. The van der Waals surface area contributed by atoms with Crippen LogP contribution in [-0.4, -0.2) is 68.4 Å². The number of nitrogens with zero attached hydrogens (tertiary/aromatic N) is 1. The highest BCUT2D eigenvalue weighted by molar-refractivity contribution is 5.89.